The number of aromatic nitrogens is 4. The first-order valence-corrected chi connectivity index (χ1v) is 7.07. The molecule has 3 aromatic rings. The van der Waals surface area contributed by atoms with E-state index in [9.17, 15) is 9.59 Å². The fourth-order valence-electron chi connectivity index (χ4n) is 2.08. The van der Waals surface area contributed by atoms with Gasteiger partial charge in [-0.1, -0.05) is 35.7 Å². The molecule has 0 aliphatic rings. The fraction of sp³-hybridized carbons (Fsp3) is 0.125. The van der Waals surface area contributed by atoms with Crippen LogP contribution in [0.15, 0.2) is 39.9 Å². The molecule has 0 N–H and O–H groups in total. The zero-order valence-electron chi connectivity index (χ0n) is 12.4. The van der Waals surface area contributed by atoms with Crippen LogP contribution in [0.2, 0.25) is 5.15 Å². The third-order valence-corrected chi connectivity index (χ3v) is 3.60. The molecule has 3 rings (SSSR count). The zero-order valence-corrected chi connectivity index (χ0v) is 13.1. The summed E-state index contributed by atoms with van der Waals surface area (Å²) in [6.45, 7) is 0. The van der Waals surface area contributed by atoms with E-state index in [2.05, 4.69) is 21.8 Å². The summed E-state index contributed by atoms with van der Waals surface area (Å²) in [5, 5.41) is 0.0247. The van der Waals surface area contributed by atoms with Crippen molar-refractivity contribution in [1.29, 1.82) is 0 Å². The minimum absolute atomic E-state index is 0.0247. The Morgan fingerprint density at radius 3 is 2.39 bits per heavy atom. The molecule has 6 nitrogen and oxygen atoms in total. The van der Waals surface area contributed by atoms with Crippen LogP contribution >= 0.6 is 11.6 Å². The monoisotopic (exact) mass is 326 g/mol. The van der Waals surface area contributed by atoms with Crippen LogP contribution in [0.3, 0.4) is 0 Å². The normalized spacial score (nSPS) is 10.4. The van der Waals surface area contributed by atoms with E-state index in [4.69, 9.17) is 11.6 Å². The summed E-state index contributed by atoms with van der Waals surface area (Å²) >= 11 is 6.07. The predicted molar refractivity (Wildman–Crippen MR) is 87.5 cm³/mol. The van der Waals surface area contributed by atoms with Crippen LogP contribution in [-0.4, -0.2) is 19.1 Å². The van der Waals surface area contributed by atoms with Gasteiger partial charge >= 0.3 is 5.69 Å². The Morgan fingerprint density at radius 1 is 1.00 bits per heavy atom. The Bertz CT molecular complexity index is 1090. The highest BCUT2D eigenvalue weighted by Gasteiger charge is 2.14. The van der Waals surface area contributed by atoms with Gasteiger partial charge in [-0.15, -0.1) is 0 Å². The maximum absolute atomic E-state index is 12.1. The van der Waals surface area contributed by atoms with Crippen molar-refractivity contribution in [2.24, 2.45) is 14.1 Å². The van der Waals surface area contributed by atoms with Crippen molar-refractivity contribution in [3.8, 4) is 11.8 Å². The Labute approximate surface area is 136 Å². The Kier molecular flexibility index (Phi) is 3.72. The van der Waals surface area contributed by atoms with Crippen molar-refractivity contribution in [3.63, 3.8) is 0 Å². The van der Waals surface area contributed by atoms with E-state index >= 15 is 0 Å². The number of fused-ring (bicyclic) bond motifs is 1. The molecule has 114 valence electrons. The number of aryl methyl sites for hydroxylation is 1. The molecule has 0 amide bonds. The van der Waals surface area contributed by atoms with E-state index in [-0.39, 0.29) is 22.0 Å². The Hall–Kier alpha value is -2.91. The van der Waals surface area contributed by atoms with Crippen molar-refractivity contribution < 1.29 is 0 Å². The molecule has 7 heteroatoms. The van der Waals surface area contributed by atoms with E-state index in [1.54, 1.807) is 0 Å². The third-order valence-electron chi connectivity index (χ3n) is 3.33. The van der Waals surface area contributed by atoms with Gasteiger partial charge in [0, 0.05) is 19.7 Å². The van der Waals surface area contributed by atoms with Crippen molar-refractivity contribution in [2.75, 3.05) is 0 Å². The minimum atomic E-state index is -0.542. The molecule has 0 fully saturated rings. The Balaban J connectivity index is 2.25. The molecule has 2 aromatic heterocycles. The molecule has 0 atom stereocenters. The van der Waals surface area contributed by atoms with Crippen LogP contribution in [0.4, 0.5) is 0 Å². The van der Waals surface area contributed by atoms with Gasteiger partial charge in [-0.2, -0.15) is 0 Å². The molecular formula is C16H11ClN4O2. The molecule has 0 saturated heterocycles. The molecule has 23 heavy (non-hydrogen) atoms. The molecule has 0 bridgehead atoms. The number of halogens is 1. The van der Waals surface area contributed by atoms with Crippen molar-refractivity contribution >= 4 is 22.8 Å². The topological polar surface area (TPSA) is 69.8 Å². The highest BCUT2D eigenvalue weighted by atomic mass is 35.5. The quantitative estimate of drug-likeness (QED) is 0.580. The van der Waals surface area contributed by atoms with Crippen molar-refractivity contribution in [3.05, 3.63) is 67.6 Å². The van der Waals surface area contributed by atoms with Gasteiger partial charge in [0.2, 0.25) is 0 Å². The maximum Gasteiger partial charge on any atom is 0.332 e. The minimum Gasteiger partial charge on any atom is -0.279 e. The van der Waals surface area contributed by atoms with Gasteiger partial charge < -0.3 is 0 Å². The molecular weight excluding hydrogens is 316 g/mol. The molecule has 0 unspecified atom stereocenters. The lowest BCUT2D eigenvalue weighted by atomic mass is 10.2. The average Bonchev–Trinajstić information content (AvgIpc) is 2.57. The van der Waals surface area contributed by atoms with Crippen molar-refractivity contribution in [1.82, 2.24) is 19.1 Å². The molecule has 2 heterocycles. The summed E-state index contributed by atoms with van der Waals surface area (Å²) in [5.74, 6) is 5.74. The van der Waals surface area contributed by atoms with E-state index in [1.165, 1.54) is 18.7 Å². The lowest BCUT2D eigenvalue weighted by molar-refractivity contribution is 0.704. The third kappa shape index (κ3) is 2.62. The number of rotatable bonds is 0. The largest absolute Gasteiger partial charge is 0.332 e. The molecule has 0 radical (unpaired) electrons. The Morgan fingerprint density at radius 2 is 1.70 bits per heavy atom. The second-order valence-electron chi connectivity index (χ2n) is 4.86. The van der Waals surface area contributed by atoms with Gasteiger partial charge in [0.1, 0.15) is 0 Å². The summed E-state index contributed by atoms with van der Waals surface area (Å²) in [4.78, 5) is 32.4. The van der Waals surface area contributed by atoms with Gasteiger partial charge in [0.25, 0.3) is 5.56 Å². The summed E-state index contributed by atoms with van der Waals surface area (Å²) in [5.41, 5.74) is 0.167. The first-order chi connectivity index (χ1) is 11.0. The number of hydrogen-bond donors (Lipinski definition) is 0. The number of hydrogen-bond acceptors (Lipinski definition) is 4. The summed E-state index contributed by atoms with van der Waals surface area (Å²) < 4.78 is 2.20. The lowest BCUT2D eigenvalue weighted by Gasteiger charge is -2.06. The zero-order chi connectivity index (χ0) is 16.6. The van der Waals surface area contributed by atoms with Gasteiger partial charge in [0.05, 0.1) is 0 Å². The number of benzene rings is 1. The van der Waals surface area contributed by atoms with Gasteiger partial charge in [-0.25, -0.2) is 14.8 Å². The average molecular weight is 327 g/mol. The van der Waals surface area contributed by atoms with Crippen molar-refractivity contribution in [2.45, 2.75) is 0 Å². The highest BCUT2D eigenvalue weighted by Crippen LogP contribution is 2.13. The van der Waals surface area contributed by atoms with Gasteiger partial charge in [0.15, 0.2) is 22.0 Å². The van der Waals surface area contributed by atoms with E-state index < -0.39 is 11.2 Å². The van der Waals surface area contributed by atoms with Crippen LogP contribution in [0, 0.1) is 11.8 Å². The second kappa shape index (κ2) is 5.71. The summed E-state index contributed by atoms with van der Waals surface area (Å²) in [6, 6.07) is 9.32. The fourth-order valence-corrected chi connectivity index (χ4v) is 2.25. The van der Waals surface area contributed by atoms with E-state index in [1.807, 2.05) is 30.3 Å². The smallest absolute Gasteiger partial charge is 0.279 e. The lowest BCUT2D eigenvalue weighted by Crippen LogP contribution is -2.37. The van der Waals surface area contributed by atoms with Crippen LogP contribution in [0.1, 0.15) is 11.3 Å². The number of nitrogens with zero attached hydrogens (tertiary/aromatic N) is 4. The van der Waals surface area contributed by atoms with Crippen LogP contribution in [0.5, 0.6) is 0 Å². The van der Waals surface area contributed by atoms with E-state index in [0.717, 1.165) is 10.1 Å². The molecule has 0 saturated carbocycles. The first kappa shape index (κ1) is 15.0. The molecule has 1 aromatic carbocycles. The predicted octanol–water partition coefficient (Wildman–Crippen LogP) is 1.08. The molecule has 0 aliphatic carbocycles. The highest BCUT2D eigenvalue weighted by molar-refractivity contribution is 6.30. The van der Waals surface area contributed by atoms with E-state index in [0.29, 0.717) is 0 Å². The SMILES string of the molecule is Cn1c(=O)c2nc(Cl)c(C#Cc3ccccc3)nc2n(C)c1=O. The summed E-state index contributed by atoms with van der Waals surface area (Å²) in [7, 11) is 2.89. The first-order valence-electron chi connectivity index (χ1n) is 6.69. The van der Waals surface area contributed by atoms with Crippen LogP contribution < -0.4 is 11.2 Å². The molecule has 0 aliphatic heterocycles. The maximum atomic E-state index is 12.1. The van der Waals surface area contributed by atoms with Crippen LogP contribution in [0.25, 0.3) is 11.2 Å². The van der Waals surface area contributed by atoms with Crippen LogP contribution in [-0.2, 0) is 14.1 Å². The summed E-state index contributed by atoms with van der Waals surface area (Å²) in [6.07, 6.45) is 0. The van der Waals surface area contributed by atoms with Gasteiger partial charge in [-0.05, 0) is 18.1 Å². The standard InChI is InChI=1S/C16H11ClN4O2/c1-20-14-12(15(22)21(2)16(20)23)19-13(17)11(18-14)9-8-10-6-4-3-5-7-10/h3-7H,1-2H3. The second-order valence-corrected chi connectivity index (χ2v) is 5.22. The van der Waals surface area contributed by atoms with Gasteiger partial charge in [-0.3, -0.25) is 13.9 Å². The molecule has 0 spiro atoms.